The van der Waals surface area contributed by atoms with Gasteiger partial charge in [-0.2, -0.15) is 5.10 Å². The highest BCUT2D eigenvalue weighted by Gasteiger charge is 2.37. The maximum absolute atomic E-state index is 14.7. The number of amides is 1. The van der Waals surface area contributed by atoms with Crippen LogP contribution in [0.25, 0.3) is 5.69 Å². The molecule has 8 heteroatoms. The Morgan fingerprint density at radius 1 is 1.09 bits per heavy atom. The predicted molar refractivity (Wildman–Crippen MR) is 126 cm³/mol. The van der Waals surface area contributed by atoms with E-state index in [4.69, 9.17) is 9.16 Å². The normalized spacial score (nSPS) is 11.9. The molecular weight excluding hydrogens is 425 g/mol. The largest absolute Gasteiger partial charge is 0.444 e. The number of halogens is 1. The van der Waals surface area contributed by atoms with E-state index in [1.807, 2.05) is 30.3 Å². The van der Waals surface area contributed by atoms with Gasteiger partial charge in [0.1, 0.15) is 12.3 Å². The zero-order chi connectivity index (χ0) is 23.4. The van der Waals surface area contributed by atoms with Crippen molar-refractivity contribution in [3.8, 4) is 5.69 Å². The smallest absolute Gasteiger partial charge is 0.411 e. The van der Waals surface area contributed by atoms with Gasteiger partial charge in [0.25, 0.3) is 0 Å². The zero-order valence-electron chi connectivity index (χ0n) is 19.2. The molecule has 32 heavy (non-hydrogen) atoms. The number of nitrogens with one attached hydrogen (secondary N) is 1. The molecule has 0 unspecified atom stereocenters. The van der Waals surface area contributed by atoms with Crippen molar-refractivity contribution in [3.05, 3.63) is 77.9 Å². The van der Waals surface area contributed by atoms with E-state index in [0.29, 0.717) is 12.3 Å². The van der Waals surface area contributed by atoms with Crippen molar-refractivity contribution < 1.29 is 18.3 Å². The summed E-state index contributed by atoms with van der Waals surface area (Å²) in [7, 11) is -1.88. The SMILES string of the molecule is CC(C)(C)[Si](C)(C)OCc1cnn(-c2ccc(NC(=O)OCc3ccccc3)cc2F)c1. The summed E-state index contributed by atoms with van der Waals surface area (Å²) in [5, 5.41) is 6.92. The summed E-state index contributed by atoms with van der Waals surface area (Å²) in [6, 6.07) is 13.7. The van der Waals surface area contributed by atoms with E-state index in [2.05, 4.69) is 44.3 Å². The molecule has 0 aliphatic heterocycles. The van der Waals surface area contributed by atoms with Crippen molar-refractivity contribution in [1.82, 2.24) is 9.78 Å². The van der Waals surface area contributed by atoms with Crippen molar-refractivity contribution in [2.75, 3.05) is 5.32 Å². The maximum atomic E-state index is 14.7. The van der Waals surface area contributed by atoms with Crippen LogP contribution in [0.2, 0.25) is 18.1 Å². The summed E-state index contributed by atoms with van der Waals surface area (Å²) in [5.41, 5.74) is 2.34. The first kappa shape index (κ1) is 23.7. The molecule has 2 aromatic carbocycles. The molecule has 0 saturated heterocycles. The lowest BCUT2D eigenvalue weighted by molar-refractivity contribution is 0.155. The molecule has 1 aromatic heterocycles. The fraction of sp³-hybridized carbons (Fsp3) is 0.333. The lowest BCUT2D eigenvalue weighted by Gasteiger charge is -2.36. The van der Waals surface area contributed by atoms with Gasteiger partial charge in [0, 0.05) is 17.4 Å². The molecule has 6 nitrogen and oxygen atoms in total. The molecule has 0 aliphatic rings. The average molecular weight is 456 g/mol. The summed E-state index contributed by atoms with van der Waals surface area (Å²) >= 11 is 0. The van der Waals surface area contributed by atoms with E-state index in [9.17, 15) is 9.18 Å². The van der Waals surface area contributed by atoms with Gasteiger partial charge in [-0.3, -0.25) is 5.32 Å². The number of carbonyl (C=O) groups is 1. The first-order valence-electron chi connectivity index (χ1n) is 10.5. The first-order valence-corrected chi connectivity index (χ1v) is 13.4. The third-order valence-electron chi connectivity index (χ3n) is 5.70. The Hall–Kier alpha value is -2.97. The minimum absolute atomic E-state index is 0.111. The summed E-state index contributed by atoms with van der Waals surface area (Å²) in [4.78, 5) is 12.0. The Bertz CT molecular complexity index is 1060. The third-order valence-corrected chi connectivity index (χ3v) is 10.2. The molecule has 0 saturated carbocycles. The monoisotopic (exact) mass is 455 g/mol. The first-order chi connectivity index (χ1) is 15.0. The molecule has 0 bridgehead atoms. The molecular formula is C24H30FN3O3Si. The van der Waals surface area contributed by atoms with Crippen LogP contribution >= 0.6 is 0 Å². The Morgan fingerprint density at radius 3 is 2.47 bits per heavy atom. The molecule has 0 radical (unpaired) electrons. The number of ether oxygens (including phenoxy) is 1. The van der Waals surface area contributed by atoms with Gasteiger partial charge in [-0.25, -0.2) is 13.9 Å². The van der Waals surface area contributed by atoms with Crippen LogP contribution in [0.15, 0.2) is 60.9 Å². The van der Waals surface area contributed by atoms with Crippen LogP contribution in [0.4, 0.5) is 14.9 Å². The lowest BCUT2D eigenvalue weighted by Crippen LogP contribution is -2.40. The van der Waals surface area contributed by atoms with Crippen LogP contribution in [0, 0.1) is 5.82 Å². The minimum atomic E-state index is -1.88. The second-order valence-electron chi connectivity index (χ2n) is 9.20. The molecule has 1 amide bonds. The van der Waals surface area contributed by atoms with Crippen LogP contribution in [-0.4, -0.2) is 24.2 Å². The summed E-state index contributed by atoms with van der Waals surface area (Å²) in [5.74, 6) is -0.508. The maximum Gasteiger partial charge on any atom is 0.411 e. The number of anilines is 1. The van der Waals surface area contributed by atoms with Gasteiger partial charge in [0.05, 0.1) is 12.8 Å². The molecule has 0 aliphatic carbocycles. The Kier molecular flexibility index (Phi) is 7.15. The molecule has 0 spiro atoms. The van der Waals surface area contributed by atoms with Crippen molar-refractivity contribution >= 4 is 20.1 Å². The van der Waals surface area contributed by atoms with Crippen molar-refractivity contribution in [2.45, 2.75) is 52.1 Å². The molecule has 3 aromatic rings. The Morgan fingerprint density at radius 2 is 1.81 bits per heavy atom. The third kappa shape index (κ3) is 6.05. The molecule has 0 fully saturated rings. The van der Waals surface area contributed by atoms with E-state index in [0.717, 1.165) is 11.1 Å². The minimum Gasteiger partial charge on any atom is -0.444 e. The van der Waals surface area contributed by atoms with Crippen LogP contribution in [-0.2, 0) is 22.4 Å². The molecule has 0 atom stereocenters. The van der Waals surface area contributed by atoms with E-state index in [1.54, 1.807) is 24.5 Å². The molecule has 1 N–H and O–H groups in total. The zero-order valence-corrected chi connectivity index (χ0v) is 20.2. The van der Waals surface area contributed by atoms with E-state index in [-0.39, 0.29) is 17.3 Å². The van der Waals surface area contributed by atoms with Crippen molar-refractivity contribution in [2.24, 2.45) is 0 Å². The summed E-state index contributed by atoms with van der Waals surface area (Å²) in [6.45, 7) is 11.5. The number of rotatable bonds is 7. The summed E-state index contributed by atoms with van der Waals surface area (Å²) in [6.07, 6.45) is 2.79. The molecule has 1 heterocycles. The second kappa shape index (κ2) is 9.66. The van der Waals surface area contributed by atoms with Crippen molar-refractivity contribution in [3.63, 3.8) is 0 Å². The standard InChI is InChI=1S/C24H30FN3O3Si/c1-24(2,3)32(4,5)31-17-19-14-26-28(15-19)22-12-11-20(13-21(22)25)27-23(29)30-16-18-9-7-6-8-10-18/h6-15H,16-17H2,1-5H3,(H,27,29). The van der Waals surface area contributed by atoms with Crippen LogP contribution in [0.5, 0.6) is 0 Å². The Balaban J connectivity index is 1.60. The lowest BCUT2D eigenvalue weighted by atomic mass is 10.2. The topological polar surface area (TPSA) is 65.4 Å². The Labute approximate surface area is 189 Å². The predicted octanol–water partition coefficient (Wildman–Crippen LogP) is 6.28. The van der Waals surface area contributed by atoms with E-state index < -0.39 is 20.2 Å². The van der Waals surface area contributed by atoms with Crippen LogP contribution in [0.1, 0.15) is 31.9 Å². The highest BCUT2D eigenvalue weighted by molar-refractivity contribution is 6.74. The molecule has 3 rings (SSSR count). The fourth-order valence-corrected chi connectivity index (χ4v) is 3.65. The van der Waals surface area contributed by atoms with E-state index >= 15 is 0 Å². The average Bonchev–Trinajstić information content (AvgIpc) is 3.20. The quantitative estimate of drug-likeness (QED) is 0.426. The number of hydrogen-bond donors (Lipinski definition) is 1. The van der Waals surface area contributed by atoms with Gasteiger partial charge >= 0.3 is 6.09 Å². The number of aromatic nitrogens is 2. The molecule has 170 valence electrons. The summed E-state index contributed by atoms with van der Waals surface area (Å²) < 4.78 is 27.5. The van der Waals surface area contributed by atoms with Crippen LogP contribution < -0.4 is 5.32 Å². The highest BCUT2D eigenvalue weighted by Crippen LogP contribution is 2.37. The number of benzene rings is 2. The van der Waals surface area contributed by atoms with E-state index in [1.165, 1.54) is 10.7 Å². The number of carbonyl (C=O) groups excluding carboxylic acids is 1. The van der Waals surface area contributed by atoms with Gasteiger partial charge in [-0.15, -0.1) is 0 Å². The van der Waals surface area contributed by atoms with Crippen LogP contribution in [0.3, 0.4) is 0 Å². The second-order valence-corrected chi connectivity index (χ2v) is 14.0. The van der Waals surface area contributed by atoms with Gasteiger partial charge in [-0.05, 0) is 41.9 Å². The highest BCUT2D eigenvalue weighted by atomic mass is 28.4. The van der Waals surface area contributed by atoms with Gasteiger partial charge in [0.15, 0.2) is 14.1 Å². The number of hydrogen-bond acceptors (Lipinski definition) is 4. The van der Waals surface area contributed by atoms with Gasteiger partial charge in [-0.1, -0.05) is 51.1 Å². The van der Waals surface area contributed by atoms with Gasteiger partial charge in [0.2, 0.25) is 0 Å². The van der Waals surface area contributed by atoms with Gasteiger partial charge < -0.3 is 9.16 Å². The van der Waals surface area contributed by atoms with Crippen molar-refractivity contribution in [1.29, 1.82) is 0 Å². The number of nitrogens with zero attached hydrogens (tertiary/aromatic N) is 2. The fourth-order valence-electron chi connectivity index (χ4n) is 2.69.